The molecular formula is C7H11N3S. The minimum atomic E-state index is 0.772. The molecule has 1 N–H and O–H groups in total. The molecule has 0 amide bonds. The van der Waals surface area contributed by atoms with Crippen molar-refractivity contribution in [1.29, 1.82) is 0 Å². The Kier molecular flexibility index (Phi) is 2.59. The van der Waals surface area contributed by atoms with Gasteiger partial charge in [0.1, 0.15) is 5.01 Å². The SMILES string of the molecule is C=C(C)CNc1nnc(C)s1. The van der Waals surface area contributed by atoms with Gasteiger partial charge in [0.2, 0.25) is 5.13 Å². The summed E-state index contributed by atoms with van der Waals surface area (Å²) in [6.07, 6.45) is 0. The normalized spacial score (nSPS) is 9.64. The summed E-state index contributed by atoms with van der Waals surface area (Å²) in [5.41, 5.74) is 1.10. The van der Waals surface area contributed by atoms with Crippen molar-refractivity contribution in [2.24, 2.45) is 0 Å². The summed E-state index contributed by atoms with van der Waals surface area (Å²) < 4.78 is 0. The van der Waals surface area contributed by atoms with Crippen LogP contribution in [0.3, 0.4) is 0 Å². The molecule has 0 aliphatic heterocycles. The lowest BCUT2D eigenvalue weighted by molar-refractivity contribution is 1.04. The minimum absolute atomic E-state index is 0.772. The van der Waals surface area contributed by atoms with Gasteiger partial charge in [0.25, 0.3) is 0 Å². The van der Waals surface area contributed by atoms with Gasteiger partial charge in [-0.2, -0.15) is 0 Å². The van der Waals surface area contributed by atoms with Crippen LogP contribution < -0.4 is 5.32 Å². The van der Waals surface area contributed by atoms with Crippen molar-refractivity contribution in [3.8, 4) is 0 Å². The Balaban J connectivity index is 2.45. The molecule has 3 nitrogen and oxygen atoms in total. The number of anilines is 1. The summed E-state index contributed by atoms with van der Waals surface area (Å²) in [5, 5.41) is 12.7. The lowest BCUT2D eigenvalue weighted by Crippen LogP contribution is -2.00. The first-order chi connectivity index (χ1) is 5.18. The first-order valence-corrected chi connectivity index (χ1v) is 4.18. The molecular weight excluding hydrogens is 158 g/mol. The van der Waals surface area contributed by atoms with E-state index in [0.717, 1.165) is 22.3 Å². The van der Waals surface area contributed by atoms with Crippen molar-refractivity contribution in [2.75, 3.05) is 11.9 Å². The van der Waals surface area contributed by atoms with E-state index < -0.39 is 0 Å². The smallest absolute Gasteiger partial charge is 0.205 e. The number of nitrogens with zero attached hydrogens (tertiary/aromatic N) is 2. The predicted octanol–water partition coefficient (Wildman–Crippen LogP) is 1.83. The van der Waals surface area contributed by atoms with Crippen LogP contribution in [0.15, 0.2) is 12.2 Å². The fourth-order valence-electron chi connectivity index (χ4n) is 0.594. The molecule has 0 unspecified atom stereocenters. The third-order valence-electron chi connectivity index (χ3n) is 1.07. The van der Waals surface area contributed by atoms with Gasteiger partial charge in [0.15, 0.2) is 0 Å². The molecule has 0 saturated carbocycles. The quantitative estimate of drug-likeness (QED) is 0.701. The van der Waals surface area contributed by atoms with E-state index in [1.54, 1.807) is 11.3 Å². The average Bonchev–Trinajstić information content (AvgIpc) is 2.31. The molecule has 0 bridgehead atoms. The first-order valence-electron chi connectivity index (χ1n) is 3.37. The molecule has 1 rings (SSSR count). The molecule has 0 spiro atoms. The maximum Gasteiger partial charge on any atom is 0.205 e. The van der Waals surface area contributed by atoms with Crippen LogP contribution in [0.25, 0.3) is 0 Å². The number of hydrogen-bond donors (Lipinski definition) is 1. The van der Waals surface area contributed by atoms with E-state index in [0.29, 0.717) is 0 Å². The highest BCUT2D eigenvalue weighted by Gasteiger charge is 1.97. The van der Waals surface area contributed by atoms with Crippen molar-refractivity contribution in [2.45, 2.75) is 13.8 Å². The van der Waals surface area contributed by atoms with Crippen LogP contribution in [-0.4, -0.2) is 16.7 Å². The van der Waals surface area contributed by atoms with Crippen molar-refractivity contribution in [3.05, 3.63) is 17.2 Å². The minimum Gasteiger partial charge on any atom is -0.356 e. The summed E-state index contributed by atoms with van der Waals surface area (Å²) in [5.74, 6) is 0. The van der Waals surface area contributed by atoms with Gasteiger partial charge in [-0.1, -0.05) is 23.5 Å². The lowest BCUT2D eigenvalue weighted by atomic mass is 10.4. The number of aryl methyl sites for hydroxylation is 1. The van der Waals surface area contributed by atoms with E-state index in [1.807, 2.05) is 13.8 Å². The fraction of sp³-hybridized carbons (Fsp3) is 0.429. The van der Waals surface area contributed by atoms with Gasteiger partial charge in [0, 0.05) is 6.54 Å². The Labute approximate surface area is 70.2 Å². The topological polar surface area (TPSA) is 37.8 Å². The van der Waals surface area contributed by atoms with Gasteiger partial charge < -0.3 is 5.32 Å². The van der Waals surface area contributed by atoms with Crippen LogP contribution in [-0.2, 0) is 0 Å². The summed E-state index contributed by atoms with van der Waals surface area (Å²) in [6.45, 7) is 8.45. The molecule has 0 fully saturated rings. The second kappa shape index (κ2) is 3.48. The zero-order valence-electron chi connectivity index (χ0n) is 6.72. The predicted molar refractivity (Wildman–Crippen MR) is 47.9 cm³/mol. The van der Waals surface area contributed by atoms with Crippen LogP contribution in [0.2, 0.25) is 0 Å². The van der Waals surface area contributed by atoms with Crippen molar-refractivity contribution in [3.63, 3.8) is 0 Å². The highest BCUT2D eigenvalue weighted by molar-refractivity contribution is 7.15. The van der Waals surface area contributed by atoms with E-state index in [1.165, 1.54) is 0 Å². The number of nitrogens with one attached hydrogen (secondary N) is 1. The Morgan fingerprint density at radius 3 is 2.82 bits per heavy atom. The van der Waals surface area contributed by atoms with Crippen LogP contribution in [0.5, 0.6) is 0 Å². The van der Waals surface area contributed by atoms with Gasteiger partial charge in [-0.25, -0.2) is 0 Å². The van der Waals surface area contributed by atoms with Gasteiger partial charge in [-0.05, 0) is 13.8 Å². The van der Waals surface area contributed by atoms with Gasteiger partial charge in [0.05, 0.1) is 0 Å². The Bertz CT molecular complexity index is 254. The maximum atomic E-state index is 3.90. The van der Waals surface area contributed by atoms with Crippen molar-refractivity contribution >= 4 is 16.5 Å². The zero-order chi connectivity index (χ0) is 8.27. The van der Waals surface area contributed by atoms with Crippen molar-refractivity contribution < 1.29 is 0 Å². The third kappa shape index (κ3) is 2.67. The van der Waals surface area contributed by atoms with Gasteiger partial charge in [-0.3, -0.25) is 0 Å². The van der Waals surface area contributed by atoms with E-state index in [2.05, 4.69) is 22.1 Å². The molecule has 0 radical (unpaired) electrons. The number of aromatic nitrogens is 2. The molecule has 1 heterocycles. The van der Waals surface area contributed by atoms with Crippen LogP contribution in [0, 0.1) is 6.92 Å². The lowest BCUT2D eigenvalue weighted by Gasteiger charge is -1.98. The highest BCUT2D eigenvalue weighted by Crippen LogP contribution is 2.13. The van der Waals surface area contributed by atoms with Gasteiger partial charge in [-0.15, -0.1) is 10.2 Å². The van der Waals surface area contributed by atoms with E-state index in [9.17, 15) is 0 Å². The molecule has 0 aliphatic rings. The molecule has 1 aromatic heterocycles. The van der Waals surface area contributed by atoms with E-state index >= 15 is 0 Å². The standard InChI is InChI=1S/C7H11N3S/c1-5(2)4-8-7-10-9-6(3)11-7/h1,4H2,2-3H3,(H,8,10). The molecule has 0 saturated heterocycles. The summed E-state index contributed by atoms with van der Waals surface area (Å²) >= 11 is 1.56. The van der Waals surface area contributed by atoms with Gasteiger partial charge >= 0.3 is 0 Å². The number of hydrogen-bond acceptors (Lipinski definition) is 4. The zero-order valence-corrected chi connectivity index (χ0v) is 7.53. The molecule has 0 aliphatic carbocycles. The van der Waals surface area contributed by atoms with Crippen LogP contribution >= 0.6 is 11.3 Å². The summed E-state index contributed by atoms with van der Waals surface area (Å²) in [7, 11) is 0. The Morgan fingerprint density at radius 1 is 1.64 bits per heavy atom. The number of rotatable bonds is 3. The van der Waals surface area contributed by atoms with Crippen LogP contribution in [0.1, 0.15) is 11.9 Å². The van der Waals surface area contributed by atoms with Crippen molar-refractivity contribution in [1.82, 2.24) is 10.2 Å². The fourth-order valence-corrected chi connectivity index (χ4v) is 1.18. The molecule has 60 valence electrons. The third-order valence-corrected chi connectivity index (χ3v) is 1.86. The Morgan fingerprint density at radius 2 is 2.36 bits per heavy atom. The summed E-state index contributed by atoms with van der Waals surface area (Å²) in [4.78, 5) is 0. The van der Waals surface area contributed by atoms with E-state index in [-0.39, 0.29) is 0 Å². The molecule has 11 heavy (non-hydrogen) atoms. The molecule has 1 aromatic rings. The van der Waals surface area contributed by atoms with E-state index in [4.69, 9.17) is 0 Å². The van der Waals surface area contributed by atoms with Crippen LogP contribution in [0.4, 0.5) is 5.13 Å². The average molecular weight is 169 g/mol. The highest BCUT2D eigenvalue weighted by atomic mass is 32.1. The summed E-state index contributed by atoms with van der Waals surface area (Å²) in [6, 6.07) is 0. The molecule has 0 aromatic carbocycles. The molecule has 4 heteroatoms. The second-order valence-electron chi connectivity index (χ2n) is 2.44. The largest absolute Gasteiger partial charge is 0.356 e. The maximum absolute atomic E-state index is 3.90. The monoisotopic (exact) mass is 169 g/mol. The second-order valence-corrected chi connectivity index (χ2v) is 3.62. The first kappa shape index (κ1) is 8.20. The Hall–Kier alpha value is -0.900. The molecule has 0 atom stereocenters.